The highest BCUT2D eigenvalue weighted by atomic mass is 16.2. The van der Waals surface area contributed by atoms with Gasteiger partial charge in [0, 0.05) is 19.5 Å². The van der Waals surface area contributed by atoms with Gasteiger partial charge in [0.25, 0.3) is 0 Å². The maximum Gasteiger partial charge on any atom is 0.222 e. The van der Waals surface area contributed by atoms with E-state index in [9.17, 15) is 4.79 Å². The Labute approximate surface area is 68.6 Å². The third kappa shape index (κ3) is 2.52. The van der Waals surface area contributed by atoms with E-state index >= 15 is 0 Å². The molecular formula is C9H16NO. The van der Waals surface area contributed by atoms with Crippen LogP contribution in [0.25, 0.3) is 0 Å². The summed E-state index contributed by atoms with van der Waals surface area (Å²) in [6.45, 7) is 3.94. The summed E-state index contributed by atoms with van der Waals surface area (Å²) in [5.74, 6) is 0.334. The second-order valence-electron chi connectivity index (χ2n) is 3.00. The number of nitrogens with zero attached hydrogens (tertiary/aromatic N) is 1. The molecule has 1 saturated heterocycles. The van der Waals surface area contributed by atoms with Crippen molar-refractivity contribution < 1.29 is 4.79 Å². The second-order valence-corrected chi connectivity index (χ2v) is 3.00. The Kier molecular flexibility index (Phi) is 3.40. The zero-order chi connectivity index (χ0) is 8.10. The summed E-state index contributed by atoms with van der Waals surface area (Å²) in [7, 11) is 0. The number of carbonyl (C=O) groups is 1. The fraction of sp³-hybridized carbons (Fsp3) is 0.778. The average Bonchev–Trinajstić information content (AvgIpc) is 2.07. The van der Waals surface area contributed by atoms with Gasteiger partial charge in [0.2, 0.25) is 5.91 Å². The number of rotatable bonds is 2. The summed E-state index contributed by atoms with van der Waals surface area (Å²) in [5.41, 5.74) is 0. The standard InChI is InChI=1S/C9H16NO/c1-2-6-9(11)10-7-4-3-5-8-10/h3H,2,4-8H2,1H3. The van der Waals surface area contributed by atoms with Crippen molar-refractivity contribution in [3.05, 3.63) is 6.42 Å². The van der Waals surface area contributed by atoms with Crippen LogP contribution in [0, 0.1) is 6.42 Å². The van der Waals surface area contributed by atoms with Crippen molar-refractivity contribution >= 4 is 5.91 Å². The molecule has 0 saturated carbocycles. The second kappa shape index (κ2) is 4.37. The molecule has 1 aliphatic rings. The van der Waals surface area contributed by atoms with Crippen molar-refractivity contribution in [2.24, 2.45) is 0 Å². The molecular weight excluding hydrogens is 138 g/mol. The van der Waals surface area contributed by atoms with Crippen molar-refractivity contribution in [2.75, 3.05) is 13.1 Å². The van der Waals surface area contributed by atoms with Crippen LogP contribution < -0.4 is 0 Å². The molecule has 0 aromatic rings. The summed E-state index contributed by atoms with van der Waals surface area (Å²) in [6, 6.07) is 0. The smallest absolute Gasteiger partial charge is 0.222 e. The SMILES string of the molecule is CCCC(=O)N1CC[CH]CC1. The first-order valence-corrected chi connectivity index (χ1v) is 4.44. The number of carbonyl (C=O) groups excluding carboxylic acids is 1. The molecule has 1 heterocycles. The number of likely N-dealkylation sites (tertiary alicyclic amines) is 1. The lowest BCUT2D eigenvalue weighted by molar-refractivity contribution is -0.131. The van der Waals surface area contributed by atoms with Crippen LogP contribution in [0.5, 0.6) is 0 Å². The molecule has 1 radical (unpaired) electrons. The third-order valence-electron chi connectivity index (χ3n) is 2.02. The van der Waals surface area contributed by atoms with Crippen LogP contribution in [-0.4, -0.2) is 23.9 Å². The van der Waals surface area contributed by atoms with E-state index in [4.69, 9.17) is 0 Å². The quantitative estimate of drug-likeness (QED) is 0.591. The maximum absolute atomic E-state index is 11.3. The van der Waals surface area contributed by atoms with E-state index in [0.29, 0.717) is 5.91 Å². The van der Waals surface area contributed by atoms with Gasteiger partial charge in [0.05, 0.1) is 0 Å². The first-order chi connectivity index (χ1) is 5.34. The third-order valence-corrected chi connectivity index (χ3v) is 2.02. The van der Waals surface area contributed by atoms with E-state index in [0.717, 1.165) is 38.8 Å². The van der Waals surface area contributed by atoms with Gasteiger partial charge in [-0.25, -0.2) is 0 Å². The van der Waals surface area contributed by atoms with Gasteiger partial charge >= 0.3 is 0 Å². The van der Waals surface area contributed by atoms with Crippen LogP contribution in [0.15, 0.2) is 0 Å². The highest BCUT2D eigenvalue weighted by Gasteiger charge is 2.14. The summed E-state index contributed by atoms with van der Waals surface area (Å²) >= 11 is 0. The highest BCUT2D eigenvalue weighted by molar-refractivity contribution is 5.76. The van der Waals surface area contributed by atoms with Crippen molar-refractivity contribution in [3.63, 3.8) is 0 Å². The first-order valence-electron chi connectivity index (χ1n) is 4.44. The Balaban J connectivity index is 2.27. The largest absolute Gasteiger partial charge is 0.343 e. The van der Waals surface area contributed by atoms with Crippen molar-refractivity contribution in [1.29, 1.82) is 0 Å². The Bertz CT molecular complexity index is 128. The van der Waals surface area contributed by atoms with Crippen LogP contribution in [0.3, 0.4) is 0 Å². The minimum absolute atomic E-state index is 0.334. The predicted molar refractivity (Wildman–Crippen MR) is 45.0 cm³/mol. The molecule has 2 heteroatoms. The monoisotopic (exact) mass is 154 g/mol. The van der Waals surface area contributed by atoms with E-state index < -0.39 is 0 Å². The number of hydrogen-bond donors (Lipinski definition) is 0. The van der Waals surface area contributed by atoms with Gasteiger partial charge in [-0.3, -0.25) is 4.79 Å². The zero-order valence-electron chi connectivity index (χ0n) is 7.18. The topological polar surface area (TPSA) is 20.3 Å². The van der Waals surface area contributed by atoms with Crippen LogP contribution in [0.1, 0.15) is 32.6 Å². The summed E-state index contributed by atoms with van der Waals surface area (Å²) in [4.78, 5) is 13.3. The summed E-state index contributed by atoms with van der Waals surface area (Å²) in [6.07, 6.45) is 6.11. The molecule has 1 fully saturated rings. The molecule has 1 aliphatic heterocycles. The lowest BCUT2D eigenvalue weighted by Crippen LogP contribution is -2.35. The van der Waals surface area contributed by atoms with Crippen molar-refractivity contribution in [3.8, 4) is 0 Å². The Morgan fingerprint density at radius 2 is 2.09 bits per heavy atom. The van der Waals surface area contributed by atoms with Crippen molar-refractivity contribution in [2.45, 2.75) is 32.6 Å². The molecule has 11 heavy (non-hydrogen) atoms. The fourth-order valence-corrected chi connectivity index (χ4v) is 1.37. The van der Waals surface area contributed by atoms with Gasteiger partial charge in [-0.05, 0) is 25.7 Å². The molecule has 1 rings (SSSR count). The van der Waals surface area contributed by atoms with E-state index in [1.165, 1.54) is 0 Å². The van der Waals surface area contributed by atoms with Crippen LogP contribution in [0.2, 0.25) is 0 Å². The van der Waals surface area contributed by atoms with E-state index in [1.807, 2.05) is 11.8 Å². The molecule has 0 N–H and O–H groups in total. The first kappa shape index (κ1) is 8.57. The van der Waals surface area contributed by atoms with Gasteiger partial charge in [-0.15, -0.1) is 0 Å². The summed E-state index contributed by atoms with van der Waals surface area (Å²) < 4.78 is 0. The predicted octanol–water partition coefficient (Wildman–Crippen LogP) is 1.61. The Hall–Kier alpha value is -0.530. The molecule has 1 amide bonds. The molecule has 0 bridgehead atoms. The van der Waals surface area contributed by atoms with Gasteiger partial charge in [0.15, 0.2) is 0 Å². The number of amides is 1. The van der Waals surface area contributed by atoms with Crippen molar-refractivity contribution in [1.82, 2.24) is 4.90 Å². The molecule has 0 aromatic heterocycles. The minimum atomic E-state index is 0.334. The van der Waals surface area contributed by atoms with E-state index in [2.05, 4.69) is 6.42 Å². The number of piperidine rings is 1. The van der Waals surface area contributed by atoms with Gasteiger partial charge in [-0.1, -0.05) is 6.92 Å². The molecule has 63 valence electrons. The fourth-order valence-electron chi connectivity index (χ4n) is 1.37. The molecule has 0 spiro atoms. The van der Waals surface area contributed by atoms with Gasteiger partial charge in [-0.2, -0.15) is 0 Å². The Morgan fingerprint density at radius 3 is 2.64 bits per heavy atom. The van der Waals surface area contributed by atoms with Crippen LogP contribution >= 0.6 is 0 Å². The lowest BCUT2D eigenvalue weighted by atomic mass is 10.1. The molecule has 0 aliphatic carbocycles. The normalized spacial score (nSPS) is 18.5. The molecule has 0 unspecified atom stereocenters. The maximum atomic E-state index is 11.3. The summed E-state index contributed by atoms with van der Waals surface area (Å²) in [5, 5.41) is 0. The molecule has 2 nitrogen and oxygen atoms in total. The van der Waals surface area contributed by atoms with Crippen LogP contribution in [-0.2, 0) is 4.79 Å². The van der Waals surface area contributed by atoms with E-state index in [-0.39, 0.29) is 0 Å². The average molecular weight is 154 g/mol. The Morgan fingerprint density at radius 1 is 1.45 bits per heavy atom. The molecule has 0 atom stereocenters. The molecule has 0 aromatic carbocycles. The highest BCUT2D eigenvalue weighted by Crippen LogP contribution is 2.09. The van der Waals surface area contributed by atoms with Gasteiger partial charge < -0.3 is 4.90 Å². The zero-order valence-corrected chi connectivity index (χ0v) is 7.18. The van der Waals surface area contributed by atoms with Gasteiger partial charge in [0.1, 0.15) is 0 Å². The lowest BCUT2D eigenvalue weighted by Gasteiger charge is -2.26. The minimum Gasteiger partial charge on any atom is -0.343 e. The van der Waals surface area contributed by atoms with Crippen LogP contribution in [0.4, 0.5) is 0 Å². The number of hydrogen-bond acceptors (Lipinski definition) is 1. The van der Waals surface area contributed by atoms with E-state index in [1.54, 1.807) is 0 Å².